The number of oxime groups is 1. The van der Waals surface area contributed by atoms with Crippen molar-refractivity contribution in [3.63, 3.8) is 0 Å². The minimum Gasteiger partial charge on any atom is -0.378 e. The van der Waals surface area contributed by atoms with Crippen LogP contribution in [-0.4, -0.2) is 41.0 Å². The summed E-state index contributed by atoms with van der Waals surface area (Å²) in [6.07, 6.45) is 10.1. The molecule has 0 fully saturated rings. The predicted molar refractivity (Wildman–Crippen MR) is 137 cm³/mol. The molecule has 4 rings (SSSR count). The highest BCUT2D eigenvalue weighted by Gasteiger charge is 2.27. The van der Waals surface area contributed by atoms with E-state index < -0.39 is 5.97 Å². The molecule has 0 bridgehead atoms. The Bertz CT molecular complexity index is 1270. The lowest BCUT2D eigenvalue weighted by Gasteiger charge is -2.25. The fraction of sp³-hybridized carbons (Fsp3) is 0.393. The number of aryl methyl sites for hydroxylation is 1. The normalized spacial score (nSPS) is 20.0. The van der Waals surface area contributed by atoms with Crippen LogP contribution in [0.25, 0.3) is 17.0 Å². The third-order valence-corrected chi connectivity index (χ3v) is 6.83. The third-order valence-electron chi connectivity index (χ3n) is 6.83. The summed E-state index contributed by atoms with van der Waals surface area (Å²) < 4.78 is 2.33. The fourth-order valence-corrected chi connectivity index (χ4v) is 4.98. The van der Waals surface area contributed by atoms with Crippen LogP contribution in [-0.2, 0) is 22.6 Å². The van der Waals surface area contributed by atoms with Crippen molar-refractivity contribution < 1.29 is 14.4 Å². The largest absolute Gasteiger partial charge is 0.378 e. The molecule has 2 atom stereocenters. The third kappa shape index (κ3) is 4.37. The highest BCUT2D eigenvalue weighted by Crippen LogP contribution is 2.36. The van der Waals surface area contributed by atoms with Gasteiger partial charge in [0.15, 0.2) is 5.78 Å². The van der Waals surface area contributed by atoms with Crippen LogP contribution >= 0.6 is 0 Å². The molecule has 0 aliphatic heterocycles. The van der Waals surface area contributed by atoms with Gasteiger partial charge in [-0.1, -0.05) is 24.2 Å². The summed E-state index contributed by atoms with van der Waals surface area (Å²) in [5, 5.41) is 5.06. The Morgan fingerprint density at radius 2 is 1.97 bits per heavy atom. The summed E-state index contributed by atoms with van der Waals surface area (Å²) in [4.78, 5) is 31.6. The van der Waals surface area contributed by atoms with Crippen LogP contribution < -0.4 is 0 Å². The molecule has 0 saturated heterocycles. The monoisotopic (exact) mass is 459 g/mol. The zero-order chi connectivity index (χ0) is 24.6. The number of allylic oxidation sites excluding steroid dienone is 4. The first-order valence-electron chi connectivity index (χ1n) is 11.9. The van der Waals surface area contributed by atoms with Gasteiger partial charge in [0, 0.05) is 66.9 Å². The number of rotatable bonds is 6. The lowest BCUT2D eigenvalue weighted by Crippen LogP contribution is -2.24. The summed E-state index contributed by atoms with van der Waals surface area (Å²) in [5.74, 6) is -0.327. The molecule has 0 spiro atoms. The number of hydrogen-bond acceptors (Lipinski definition) is 5. The molecule has 34 heavy (non-hydrogen) atoms. The number of fused-ring (bicyclic) bond motifs is 3. The molecule has 178 valence electrons. The maximum absolute atomic E-state index is 13.5. The minimum atomic E-state index is -0.430. The van der Waals surface area contributed by atoms with E-state index in [1.807, 2.05) is 45.3 Å². The number of hydrogen-bond donors (Lipinski definition) is 0. The van der Waals surface area contributed by atoms with Crippen LogP contribution in [0.3, 0.4) is 0 Å². The van der Waals surface area contributed by atoms with E-state index in [-0.39, 0.29) is 17.6 Å². The van der Waals surface area contributed by atoms with Gasteiger partial charge in [-0.15, -0.1) is 0 Å². The fourth-order valence-electron chi connectivity index (χ4n) is 4.98. The summed E-state index contributed by atoms with van der Waals surface area (Å²) in [6.45, 7) is 8.32. The van der Waals surface area contributed by atoms with Crippen molar-refractivity contribution in [2.75, 3.05) is 14.1 Å². The van der Waals surface area contributed by atoms with Gasteiger partial charge in [0.1, 0.15) is 0 Å². The SMILES string of the molecule is CCn1c2c(c3cc(C(=O)[C@H]4C=CC(N(C)C)=CC4C)ccc31)C=C(/C(C)=N/OC(C)=O)CC2. The highest BCUT2D eigenvalue weighted by atomic mass is 16.7. The molecule has 2 aromatic rings. The van der Waals surface area contributed by atoms with E-state index >= 15 is 0 Å². The topological polar surface area (TPSA) is 63.9 Å². The van der Waals surface area contributed by atoms with Crippen LogP contribution in [0.5, 0.6) is 0 Å². The molecular formula is C28H33N3O3. The molecule has 2 aliphatic rings. The van der Waals surface area contributed by atoms with Gasteiger partial charge in [0.2, 0.25) is 0 Å². The molecule has 1 heterocycles. The minimum absolute atomic E-state index is 0.131. The average molecular weight is 460 g/mol. The van der Waals surface area contributed by atoms with Crippen LogP contribution in [0.4, 0.5) is 0 Å². The molecule has 1 unspecified atom stereocenters. The number of nitrogens with zero attached hydrogens (tertiary/aromatic N) is 3. The second kappa shape index (κ2) is 9.45. The Balaban J connectivity index is 1.73. The van der Waals surface area contributed by atoms with Gasteiger partial charge < -0.3 is 14.3 Å². The molecule has 2 aliphatic carbocycles. The summed E-state index contributed by atoms with van der Waals surface area (Å²) in [6, 6.07) is 6.09. The quantitative estimate of drug-likeness (QED) is 0.252. The van der Waals surface area contributed by atoms with E-state index in [1.54, 1.807) is 0 Å². The first-order valence-corrected chi connectivity index (χ1v) is 11.9. The van der Waals surface area contributed by atoms with E-state index in [4.69, 9.17) is 4.84 Å². The first-order chi connectivity index (χ1) is 16.2. The van der Waals surface area contributed by atoms with Crippen LogP contribution in [0, 0.1) is 11.8 Å². The summed E-state index contributed by atoms with van der Waals surface area (Å²) in [7, 11) is 4.03. The number of carbonyl (C=O) groups excluding carboxylic acids is 2. The van der Waals surface area contributed by atoms with E-state index in [1.165, 1.54) is 12.6 Å². The second-order valence-electron chi connectivity index (χ2n) is 9.36. The van der Waals surface area contributed by atoms with Crippen molar-refractivity contribution in [2.45, 2.75) is 47.1 Å². The van der Waals surface area contributed by atoms with Crippen LogP contribution in [0.1, 0.15) is 55.7 Å². The predicted octanol–water partition coefficient (Wildman–Crippen LogP) is 5.38. The van der Waals surface area contributed by atoms with Gasteiger partial charge in [-0.2, -0.15) is 0 Å². The molecule has 0 radical (unpaired) electrons. The number of ketones is 1. The first kappa shape index (κ1) is 23.7. The lowest BCUT2D eigenvalue weighted by atomic mass is 9.82. The van der Waals surface area contributed by atoms with Crippen molar-refractivity contribution in [3.8, 4) is 0 Å². The standard InChI is InChI=1S/C28H33N3O3/c1-7-31-26-12-8-20(18(3)29-34-19(4)32)15-24(26)25-16-21(9-13-27(25)31)28(33)23-11-10-22(30(5)6)14-17(23)2/h9-11,13-17,23H,7-8,12H2,1-6H3/b29-18+/t17?,23-/m0/s1. The van der Waals surface area contributed by atoms with Gasteiger partial charge in [0.25, 0.3) is 0 Å². The summed E-state index contributed by atoms with van der Waals surface area (Å²) in [5.41, 5.74) is 7.16. The molecule has 1 aromatic carbocycles. The van der Waals surface area contributed by atoms with E-state index in [2.05, 4.69) is 46.7 Å². The van der Waals surface area contributed by atoms with Crippen molar-refractivity contribution in [2.24, 2.45) is 17.0 Å². The Hall–Kier alpha value is -3.41. The second-order valence-corrected chi connectivity index (χ2v) is 9.36. The van der Waals surface area contributed by atoms with Crippen molar-refractivity contribution >= 4 is 34.4 Å². The molecule has 0 amide bonds. The maximum atomic E-state index is 13.5. The Morgan fingerprint density at radius 3 is 2.62 bits per heavy atom. The van der Waals surface area contributed by atoms with Crippen molar-refractivity contribution in [1.29, 1.82) is 0 Å². The summed E-state index contributed by atoms with van der Waals surface area (Å²) >= 11 is 0. The zero-order valence-electron chi connectivity index (χ0n) is 20.9. The highest BCUT2D eigenvalue weighted by molar-refractivity contribution is 6.07. The molecule has 0 saturated carbocycles. The Labute approximate surface area is 201 Å². The van der Waals surface area contributed by atoms with Gasteiger partial charge in [-0.25, -0.2) is 4.79 Å². The molecule has 1 aromatic heterocycles. The van der Waals surface area contributed by atoms with Gasteiger partial charge in [0.05, 0.1) is 5.71 Å². The zero-order valence-corrected chi connectivity index (χ0v) is 20.9. The van der Waals surface area contributed by atoms with E-state index in [9.17, 15) is 9.59 Å². The van der Waals surface area contributed by atoms with Crippen LogP contribution in [0.2, 0.25) is 0 Å². The average Bonchev–Trinajstić information content (AvgIpc) is 3.14. The number of carbonyl (C=O) groups is 2. The van der Waals surface area contributed by atoms with Gasteiger partial charge in [-0.3, -0.25) is 4.79 Å². The van der Waals surface area contributed by atoms with Crippen molar-refractivity contribution in [3.05, 3.63) is 64.5 Å². The smallest absolute Gasteiger partial charge is 0.331 e. The number of Topliss-reactive ketones (excluding diaryl/α,β-unsaturated/α-hetero) is 1. The van der Waals surface area contributed by atoms with Crippen molar-refractivity contribution in [1.82, 2.24) is 9.47 Å². The molecular weight excluding hydrogens is 426 g/mol. The number of aromatic nitrogens is 1. The number of benzene rings is 1. The van der Waals surface area contributed by atoms with E-state index in [0.29, 0.717) is 5.71 Å². The van der Waals surface area contributed by atoms with Gasteiger partial charge in [-0.05, 0) is 68.5 Å². The van der Waals surface area contributed by atoms with Gasteiger partial charge >= 0.3 is 5.97 Å². The lowest BCUT2D eigenvalue weighted by molar-refractivity contribution is -0.140. The van der Waals surface area contributed by atoms with Crippen LogP contribution in [0.15, 0.2) is 52.9 Å². The Kier molecular flexibility index (Phi) is 6.60. The molecule has 0 N–H and O–H groups in total. The van der Waals surface area contributed by atoms with E-state index in [0.717, 1.165) is 52.7 Å². The number of likely N-dealkylation sites (N-methyl/N-ethyl adjacent to an activating group) is 1. The Morgan fingerprint density at radius 1 is 1.21 bits per heavy atom. The maximum Gasteiger partial charge on any atom is 0.331 e. The molecule has 6 heteroatoms. The molecule has 6 nitrogen and oxygen atoms in total.